The van der Waals surface area contributed by atoms with Crippen molar-refractivity contribution in [3.8, 4) is 0 Å². The highest BCUT2D eigenvalue weighted by Gasteiger charge is 1.87. The highest BCUT2D eigenvalue weighted by molar-refractivity contribution is 4.59. The Morgan fingerprint density at radius 1 is 1.33 bits per heavy atom. The normalized spacial score (nSPS) is 9.89. The number of hydrogen-bond donors (Lipinski definition) is 0. The summed E-state index contributed by atoms with van der Waals surface area (Å²) in [5.41, 5.74) is 0. The van der Waals surface area contributed by atoms with Crippen molar-refractivity contribution in [2.75, 3.05) is 0 Å². The van der Waals surface area contributed by atoms with Crippen LogP contribution in [0.3, 0.4) is 0 Å². The molecule has 50 valence electrons. The molecule has 1 aromatic heterocycles. The predicted octanol–water partition coefficient (Wildman–Crippen LogP) is 1.08. The molecule has 0 aliphatic rings. The van der Waals surface area contributed by atoms with Crippen LogP contribution in [0.2, 0.25) is 0 Å². The van der Waals surface area contributed by atoms with Crippen LogP contribution < -0.4 is 0 Å². The minimum Gasteiger partial charge on any atom is -0.185 e. The van der Waals surface area contributed by atoms with Crippen molar-refractivity contribution in [2.24, 2.45) is 0 Å². The second-order valence-corrected chi connectivity index (χ2v) is 1.98. The smallest absolute Gasteiger partial charge is 0.0693 e. The molecule has 0 atom stereocenters. The standard InChI is InChI=1S/C6H11N3/c1-2-3-6-9-7-4-5-8-9/h4-5H,2-3,6H2,1H3. The fourth-order valence-corrected chi connectivity index (χ4v) is 0.658. The third-order valence-electron chi connectivity index (χ3n) is 1.18. The molecule has 3 nitrogen and oxygen atoms in total. The molecule has 0 aliphatic carbocycles. The number of unbranched alkanes of at least 4 members (excludes halogenated alkanes) is 1. The van der Waals surface area contributed by atoms with E-state index in [1.807, 2.05) is 0 Å². The van der Waals surface area contributed by atoms with Crippen LogP contribution in [0.1, 0.15) is 19.8 Å². The second kappa shape index (κ2) is 3.22. The molecule has 0 fully saturated rings. The fourth-order valence-electron chi connectivity index (χ4n) is 0.658. The zero-order valence-electron chi connectivity index (χ0n) is 5.62. The Bertz CT molecular complexity index is 145. The average molecular weight is 125 g/mol. The molecule has 0 amide bonds. The Morgan fingerprint density at radius 3 is 2.56 bits per heavy atom. The van der Waals surface area contributed by atoms with E-state index in [-0.39, 0.29) is 0 Å². The summed E-state index contributed by atoms with van der Waals surface area (Å²) in [6, 6.07) is 0. The highest BCUT2D eigenvalue weighted by Crippen LogP contribution is 1.88. The Kier molecular flexibility index (Phi) is 2.24. The topological polar surface area (TPSA) is 30.7 Å². The SMILES string of the molecule is CCCCn1nccn1. The highest BCUT2D eigenvalue weighted by atomic mass is 15.5. The number of aryl methyl sites for hydroxylation is 1. The van der Waals surface area contributed by atoms with E-state index in [4.69, 9.17) is 0 Å². The van der Waals surface area contributed by atoms with Crippen molar-refractivity contribution in [3.63, 3.8) is 0 Å². The van der Waals surface area contributed by atoms with Gasteiger partial charge >= 0.3 is 0 Å². The fraction of sp³-hybridized carbons (Fsp3) is 0.667. The van der Waals surface area contributed by atoms with Crippen LogP contribution in [0.15, 0.2) is 12.4 Å². The summed E-state index contributed by atoms with van der Waals surface area (Å²) in [6.07, 6.45) is 5.77. The molecule has 1 heterocycles. The van der Waals surface area contributed by atoms with Crippen LogP contribution >= 0.6 is 0 Å². The summed E-state index contributed by atoms with van der Waals surface area (Å²) in [6.45, 7) is 3.10. The Morgan fingerprint density at radius 2 is 2.00 bits per heavy atom. The summed E-state index contributed by atoms with van der Waals surface area (Å²) < 4.78 is 0. The molecule has 0 saturated heterocycles. The molecule has 0 saturated carbocycles. The molecule has 9 heavy (non-hydrogen) atoms. The van der Waals surface area contributed by atoms with Gasteiger partial charge in [-0.1, -0.05) is 13.3 Å². The van der Waals surface area contributed by atoms with Crippen molar-refractivity contribution in [3.05, 3.63) is 12.4 Å². The minimum atomic E-state index is 0.948. The molecule has 0 aliphatic heterocycles. The van der Waals surface area contributed by atoms with E-state index in [0.717, 1.165) is 13.0 Å². The molecule has 0 N–H and O–H groups in total. The average Bonchev–Trinajstić information content (AvgIpc) is 2.34. The van der Waals surface area contributed by atoms with Gasteiger partial charge in [-0.2, -0.15) is 15.0 Å². The van der Waals surface area contributed by atoms with Gasteiger partial charge in [0.15, 0.2) is 0 Å². The summed E-state index contributed by atoms with van der Waals surface area (Å²) in [4.78, 5) is 1.71. The van der Waals surface area contributed by atoms with E-state index >= 15 is 0 Å². The van der Waals surface area contributed by atoms with Gasteiger partial charge in [0, 0.05) is 0 Å². The zero-order chi connectivity index (χ0) is 6.53. The molecule has 0 spiro atoms. The van der Waals surface area contributed by atoms with Crippen LogP contribution in [-0.4, -0.2) is 15.0 Å². The lowest BCUT2D eigenvalue weighted by atomic mass is 10.3. The first-order chi connectivity index (χ1) is 4.43. The first-order valence-electron chi connectivity index (χ1n) is 3.27. The summed E-state index contributed by atoms with van der Waals surface area (Å²) in [7, 11) is 0. The van der Waals surface area contributed by atoms with Crippen LogP contribution in [-0.2, 0) is 6.54 Å². The van der Waals surface area contributed by atoms with Crippen molar-refractivity contribution in [1.82, 2.24) is 15.0 Å². The van der Waals surface area contributed by atoms with E-state index < -0.39 is 0 Å². The predicted molar refractivity (Wildman–Crippen MR) is 34.9 cm³/mol. The van der Waals surface area contributed by atoms with E-state index in [2.05, 4.69) is 17.1 Å². The van der Waals surface area contributed by atoms with Gasteiger partial charge in [0.1, 0.15) is 0 Å². The summed E-state index contributed by atoms with van der Waals surface area (Å²) in [5, 5.41) is 7.92. The lowest BCUT2D eigenvalue weighted by molar-refractivity contribution is 0.508. The van der Waals surface area contributed by atoms with Gasteiger partial charge in [-0.25, -0.2) is 0 Å². The Balaban J connectivity index is 2.30. The van der Waals surface area contributed by atoms with E-state index in [1.54, 1.807) is 17.2 Å². The molecule has 0 radical (unpaired) electrons. The van der Waals surface area contributed by atoms with Gasteiger partial charge in [0.05, 0.1) is 18.9 Å². The quantitative estimate of drug-likeness (QED) is 0.605. The van der Waals surface area contributed by atoms with E-state index in [9.17, 15) is 0 Å². The molecule has 0 unspecified atom stereocenters. The van der Waals surface area contributed by atoms with Gasteiger partial charge in [-0.15, -0.1) is 0 Å². The Hall–Kier alpha value is -0.860. The second-order valence-electron chi connectivity index (χ2n) is 1.98. The first-order valence-corrected chi connectivity index (χ1v) is 3.27. The van der Waals surface area contributed by atoms with Crippen molar-refractivity contribution < 1.29 is 0 Å². The lowest BCUT2D eigenvalue weighted by Gasteiger charge is -1.93. The van der Waals surface area contributed by atoms with Crippen LogP contribution in [0.4, 0.5) is 0 Å². The number of rotatable bonds is 3. The van der Waals surface area contributed by atoms with Crippen molar-refractivity contribution in [1.29, 1.82) is 0 Å². The van der Waals surface area contributed by atoms with E-state index in [1.165, 1.54) is 6.42 Å². The molecular formula is C6H11N3. The summed E-state index contributed by atoms with van der Waals surface area (Å²) in [5.74, 6) is 0. The maximum absolute atomic E-state index is 3.96. The maximum Gasteiger partial charge on any atom is 0.0693 e. The zero-order valence-corrected chi connectivity index (χ0v) is 5.62. The van der Waals surface area contributed by atoms with Crippen LogP contribution in [0.25, 0.3) is 0 Å². The molecule has 0 bridgehead atoms. The van der Waals surface area contributed by atoms with Gasteiger partial charge in [-0.3, -0.25) is 0 Å². The maximum atomic E-state index is 3.96. The third-order valence-corrected chi connectivity index (χ3v) is 1.18. The summed E-state index contributed by atoms with van der Waals surface area (Å²) >= 11 is 0. The number of aromatic nitrogens is 3. The van der Waals surface area contributed by atoms with Gasteiger partial charge in [0.25, 0.3) is 0 Å². The van der Waals surface area contributed by atoms with Crippen molar-refractivity contribution in [2.45, 2.75) is 26.3 Å². The van der Waals surface area contributed by atoms with Crippen LogP contribution in [0, 0.1) is 0 Å². The van der Waals surface area contributed by atoms with Gasteiger partial charge in [-0.05, 0) is 6.42 Å². The molecule has 1 rings (SSSR count). The molecular weight excluding hydrogens is 114 g/mol. The monoisotopic (exact) mass is 125 g/mol. The Labute approximate surface area is 54.7 Å². The minimum absolute atomic E-state index is 0.948. The van der Waals surface area contributed by atoms with Gasteiger partial charge in [0.2, 0.25) is 0 Å². The molecule has 3 heteroatoms. The van der Waals surface area contributed by atoms with Crippen LogP contribution in [0.5, 0.6) is 0 Å². The molecule has 0 aromatic carbocycles. The van der Waals surface area contributed by atoms with Gasteiger partial charge < -0.3 is 0 Å². The number of hydrogen-bond acceptors (Lipinski definition) is 2. The lowest BCUT2D eigenvalue weighted by Crippen LogP contribution is -2.00. The largest absolute Gasteiger partial charge is 0.185 e. The molecule has 1 aromatic rings. The van der Waals surface area contributed by atoms with Crippen molar-refractivity contribution >= 4 is 0 Å². The number of nitrogens with zero attached hydrogens (tertiary/aromatic N) is 3. The third kappa shape index (κ3) is 1.83. The van der Waals surface area contributed by atoms with E-state index in [0.29, 0.717) is 0 Å². The first kappa shape index (κ1) is 6.26.